The molecule has 2 heterocycles. The lowest BCUT2D eigenvalue weighted by Gasteiger charge is -2.10. The van der Waals surface area contributed by atoms with E-state index in [0.717, 1.165) is 27.8 Å². The maximum atomic E-state index is 5.82. The molecule has 3 rings (SSSR count). The zero-order valence-corrected chi connectivity index (χ0v) is 11.7. The second-order valence-corrected chi connectivity index (χ2v) is 4.85. The quantitative estimate of drug-likeness (QED) is 0.747. The molecule has 0 unspecified atom stereocenters. The number of aromatic nitrogens is 3. The predicted octanol–water partition coefficient (Wildman–Crippen LogP) is 3.60. The molecule has 0 saturated carbocycles. The second kappa shape index (κ2) is 5.43. The third-order valence-corrected chi connectivity index (χ3v) is 3.29. The number of fused-ring (bicyclic) bond motifs is 1. The highest BCUT2D eigenvalue weighted by Crippen LogP contribution is 2.18. The van der Waals surface area contributed by atoms with E-state index in [0.29, 0.717) is 6.54 Å². The normalized spacial score (nSPS) is 10.7. The van der Waals surface area contributed by atoms with E-state index in [1.165, 1.54) is 0 Å². The summed E-state index contributed by atoms with van der Waals surface area (Å²) in [6.07, 6.45) is 3.51. The first-order valence-electron chi connectivity index (χ1n) is 6.29. The fraction of sp³-hybridized carbons (Fsp3) is 0.133. The van der Waals surface area contributed by atoms with E-state index in [2.05, 4.69) is 38.5 Å². The van der Waals surface area contributed by atoms with Crippen molar-refractivity contribution >= 4 is 28.3 Å². The Labute approximate surface area is 121 Å². The molecule has 0 aliphatic carbocycles. The lowest BCUT2D eigenvalue weighted by Crippen LogP contribution is -2.05. The number of hydrogen-bond acceptors (Lipinski definition) is 4. The molecule has 1 N–H and O–H groups in total. The molecule has 0 spiro atoms. The van der Waals surface area contributed by atoms with Crippen LogP contribution in [0.25, 0.3) is 10.9 Å². The van der Waals surface area contributed by atoms with Crippen LogP contribution < -0.4 is 5.32 Å². The molecule has 20 heavy (non-hydrogen) atoms. The van der Waals surface area contributed by atoms with Gasteiger partial charge in [-0.25, -0.2) is 9.97 Å². The molecule has 0 aliphatic heterocycles. The van der Waals surface area contributed by atoms with Gasteiger partial charge < -0.3 is 5.32 Å². The Hall–Kier alpha value is -2.20. The van der Waals surface area contributed by atoms with Gasteiger partial charge in [0.05, 0.1) is 5.52 Å². The van der Waals surface area contributed by atoms with Crippen LogP contribution in [0.15, 0.2) is 42.7 Å². The smallest absolute Gasteiger partial charge is 0.224 e. The van der Waals surface area contributed by atoms with Crippen molar-refractivity contribution in [2.24, 2.45) is 0 Å². The molecule has 0 bridgehead atoms. The summed E-state index contributed by atoms with van der Waals surface area (Å²) in [4.78, 5) is 12.6. The number of rotatable bonds is 3. The molecule has 100 valence electrons. The zero-order valence-electron chi connectivity index (χ0n) is 11.0. The van der Waals surface area contributed by atoms with Crippen LogP contribution in [0.1, 0.15) is 11.1 Å². The topological polar surface area (TPSA) is 50.7 Å². The molecule has 0 saturated heterocycles. The molecule has 0 aliphatic rings. The van der Waals surface area contributed by atoms with Crippen LogP contribution in [0.3, 0.4) is 0 Å². The maximum absolute atomic E-state index is 5.82. The zero-order chi connectivity index (χ0) is 13.9. The van der Waals surface area contributed by atoms with Gasteiger partial charge in [-0.3, -0.25) is 4.98 Å². The summed E-state index contributed by atoms with van der Waals surface area (Å²) in [5.41, 5.74) is 3.08. The Morgan fingerprint density at radius 1 is 1.15 bits per heavy atom. The van der Waals surface area contributed by atoms with Gasteiger partial charge in [0, 0.05) is 29.9 Å². The van der Waals surface area contributed by atoms with Gasteiger partial charge in [0.15, 0.2) is 0 Å². The van der Waals surface area contributed by atoms with Crippen molar-refractivity contribution in [2.45, 2.75) is 13.5 Å². The van der Waals surface area contributed by atoms with Crippen LogP contribution in [0.5, 0.6) is 0 Å². The molecule has 0 amide bonds. The number of para-hydroxylation sites is 1. The first kappa shape index (κ1) is 12.8. The van der Waals surface area contributed by atoms with Gasteiger partial charge in [-0.05, 0) is 30.2 Å². The molecular formula is C15H13ClN4. The Kier molecular flexibility index (Phi) is 3.48. The molecule has 5 heteroatoms. The average Bonchev–Trinajstić information content (AvgIpc) is 2.48. The molecule has 1 aromatic carbocycles. The summed E-state index contributed by atoms with van der Waals surface area (Å²) in [7, 11) is 0. The van der Waals surface area contributed by atoms with Gasteiger partial charge in [-0.15, -0.1) is 0 Å². The first-order valence-corrected chi connectivity index (χ1v) is 6.67. The van der Waals surface area contributed by atoms with Gasteiger partial charge in [0.25, 0.3) is 0 Å². The highest BCUT2D eigenvalue weighted by atomic mass is 35.5. The number of aryl methyl sites for hydroxylation is 1. The molecule has 0 radical (unpaired) electrons. The lowest BCUT2D eigenvalue weighted by atomic mass is 10.1. The van der Waals surface area contributed by atoms with Crippen LogP contribution in [0.2, 0.25) is 5.28 Å². The summed E-state index contributed by atoms with van der Waals surface area (Å²) >= 11 is 5.82. The SMILES string of the molecule is Cc1cnc(Cl)nc1NCc1cccc2cccnc12. The number of nitrogens with zero attached hydrogens (tertiary/aromatic N) is 3. The summed E-state index contributed by atoms with van der Waals surface area (Å²) in [6.45, 7) is 2.59. The fourth-order valence-electron chi connectivity index (χ4n) is 2.09. The van der Waals surface area contributed by atoms with E-state index in [1.807, 2.05) is 19.1 Å². The maximum Gasteiger partial charge on any atom is 0.224 e. The summed E-state index contributed by atoms with van der Waals surface area (Å²) in [5.74, 6) is 0.748. The first-order chi connectivity index (χ1) is 9.74. The Morgan fingerprint density at radius 3 is 2.90 bits per heavy atom. The highest BCUT2D eigenvalue weighted by molar-refractivity contribution is 6.28. The predicted molar refractivity (Wildman–Crippen MR) is 80.8 cm³/mol. The van der Waals surface area contributed by atoms with Crippen molar-refractivity contribution in [3.05, 3.63) is 59.1 Å². The fourth-order valence-corrected chi connectivity index (χ4v) is 2.22. The number of benzene rings is 1. The Bertz CT molecular complexity index is 752. The van der Waals surface area contributed by atoms with Crippen LogP contribution in [-0.4, -0.2) is 15.0 Å². The van der Waals surface area contributed by atoms with Crippen LogP contribution in [0.4, 0.5) is 5.82 Å². The largest absolute Gasteiger partial charge is 0.366 e. The van der Waals surface area contributed by atoms with Gasteiger partial charge in [-0.1, -0.05) is 24.3 Å². The van der Waals surface area contributed by atoms with Crippen LogP contribution >= 0.6 is 11.6 Å². The van der Waals surface area contributed by atoms with Crippen molar-refractivity contribution in [1.82, 2.24) is 15.0 Å². The third-order valence-electron chi connectivity index (χ3n) is 3.10. The Balaban J connectivity index is 1.89. The van der Waals surface area contributed by atoms with E-state index < -0.39 is 0 Å². The Morgan fingerprint density at radius 2 is 2.00 bits per heavy atom. The van der Waals surface area contributed by atoms with Crippen LogP contribution in [0, 0.1) is 6.92 Å². The van der Waals surface area contributed by atoms with Gasteiger partial charge in [0.2, 0.25) is 5.28 Å². The number of halogens is 1. The average molecular weight is 285 g/mol. The minimum atomic E-state index is 0.245. The van der Waals surface area contributed by atoms with Gasteiger partial charge in [-0.2, -0.15) is 0 Å². The number of nitrogens with one attached hydrogen (secondary N) is 1. The van der Waals surface area contributed by atoms with Crippen molar-refractivity contribution in [1.29, 1.82) is 0 Å². The summed E-state index contributed by atoms with van der Waals surface area (Å²) < 4.78 is 0. The molecule has 4 nitrogen and oxygen atoms in total. The monoisotopic (exact) mass is 284 g/mol. The van der Waals surface area contributed by atoms with Crippen molar-refractivity contribution in [3.63, 3.8) is 0 Å². The standard InChI is InChI=1S/C15H13ClN4/c1-10-8-19-15(16)20-14(10)18-9-12-5-2-4-11-6-3-7-17-13(11)12/h2-8H,9H2,1H3,(H,18,19,20). The van der Waals surface area contributed by atoms with E-state index in [9.17, 15) is 0 Å². The van der Waals surface area contributed by atoms with E-state index in [4.69, 9.17) is 11.6 Å². The molecule has 2 aromatic heterocycles. The number of pyridine rings is 1. The summed E-state index contributed by atoms with van der Waals surface area (Å²) in [5, 5.41) is 4.66. The summed E-state index contributed by atoms with van der Waals surface area (Å²) in [6, 6.07) is 10.1. The second-order valence-electron chi connectivity index (χ2n) is 4.52. The van der Waals surface area contributed by atoms with E-state index >= 15 is 0 Å². The molecular weight excluding hydrogens is 272 g/mol. The van der Waals surface area contributed by atoms with E-state index in [-0.39, 0.29) is 5.28 Å². The molecule has 0 fully saturated rings. The van der Waals surface area contributed by atoms with Gasteiger partial charge in [0.1, 0.15) is 5.82 Å². The minimum absolute atomic E-state index is 0.245. The van der Waals surface area contributed by atoms with Crippen molar-refractivity contribution < 1.29 is 0 Å². The molecule has 0 atom stereocenters. The van der Waals surface area contributed by atoms with Gasteiger partial charge >= 0.3 is 0 Å². The number of hydrogen-bond donors (Lipinski definition) is 1. The highest BCUT2D eigenvalue weighted by Gasteiger charge is 2.05. The molecule has 3 aromatic rings. The third kappa shape index (κ3) is 2.56. The van der Waals surface area contributed by atoms with Crippen LogP contribution in [-0.2, 0) is 6.54 Å². The number of anilines is 1. The lowest BCUT2D eigenvalue weighted by molar-refractivity contribution is 1.06. The van der Waals surface area contributed by atoms with Crippen molar-refractivity contribution in [3.8, 4) is 0 Å². The van der Waals surface area contributed by atoms with Crippen molar-refractivity contribution in [2.75, 3.05) is 5.32 Å². The minimum Gasteiger partial charge on any atom is -0.366 e. The van der Waals surface area contributed by atoms with E-state index in [1.54, 1.807) is 12.4 Å².